The van der Waals surface area contributed by atoms with Crippen LogP contribution in [0.3, 0.4) is 0 Å². The van der Waals surface area contributed by atoms with Gasteiger partial charge < -0.3 is 24.4 Å². The molecule has 36 heavy (non-hydrogen) atoms. The van der Waals surface area contributed by atoms with Gasteiger partial charge >= 0.3 is 6.09 Å². The van der Waals surface area contributed by atoms with Crippen molar-refractivity contribution >= 4 is 33.6 Å². The fraction of sp³-hybridized carbons (Fsp3) is 0.536. The van der Waals surface area contributed by atoms with E-state index < -0.39 is 5.60 Å². The van der Waals surface area contributed by atoms with Crippen LogP contribution < -0.4 is 14.8 Å². The molecule has 0 radical (unpaired) electrons. The Kier molecular flexibility index (Phi) is 10.3. The Balaban J connectivity index is 1.57. The molecule has 1 saturated heterocycles. The molecule has 1 unspecified atom stereocenters. The number of ether oxygens (including phenoxy) is 3. The molecule has 0 aromatic heterocycles. The van der Waals surface area contributed by atoms with E-state index in [9.17, 15) is 4.79 Å². The van der Waals surface area contributed by atoms with E-state index in [1.165, 1.54) is 0 Å². The van der Waals surface area contributed by atoms with Crippen LogP contribution in [0.15, 0.2) is 40.9 Å². The molecule has 3 rings (SSSR count). The standard InChI is InChI=1S/C28H38BrClN2O4/c1-19(2)17-34-24-10-21(11-25(13-24)35-18-22-6-7-23(30)12-26(22)29)15-31-14-20-8-9-32(16-20)27(33)36-28(3,4)5/h6-7,10-13,19-20,31H,8-9,14-18H2,1-5H3. The van der Waals surface area contributed by atoms with Crippen LogP contribution >= 0.6 is 27.5 Å². The predicted octanol–water partition coefficient (Wildman–Crippen LogP) is 7.06. The van der Waals surface area contributed by atoms with E-state index in [0.717, 1.165) is 46.6 Å². The minimum Gasteiger partial charge on any atom is -0.493 e. The molecule has 1 amide bonds. The largest absolute Gasteiger partial charge is 0.493 e. The second-order valence-electron chi connectivity index (χ2n) is 10.8. The SMILES string of the molecule is CC(C)COc1cc(CNCC2CCN(C(=O)OC(C)(C)C)C2)cc(OCc2ccc(Cl)cc2Br)c1. The first-order chi connectivity index (χ1) is 17.0. The Morgan fingerprint density at radius 3 is 2.56 bits per heavy atom. The van der Waals surface area contributed by atoms with Crippen molar-refractivity contribution in [2.24, 2.45) is 11.8 Å². The summed E-state index contributed by atoms with van der Waals surface area (Å²) in [5, 5.41) is 4.23. The highest BCUT2D eigenvalue weighted by Gasteiger charge is 2.29. The highest BCUT2D eigenvalue weighted by atomic mass is 79.9. The highest BCUT2D eigenvalue weighted by molar-refractivity contribution is 9.10. The Hall–Kier alpha value is -1.96. The van der Waals surface area contributed by atoms with Crippen LogP contribution in [0.1, 0.15) is 52.2 Å². The van der Waals surface area contributed by atoms with Crippen molar-refractivity contribution < 1.29 is 19.0 Å². The molecule has 0 aliphatic carbocycles. The smallest absolute Gasteiger partial charge is 0.410 e. The fourth-order valence-corrected chi connectivity index (χ4v) is 4.67. The molecule has 0 saturated carbocycles. The number of carbonyl (C=O) groups excluding carboxylic acids is 1. The summed E-state index contributed by atoms with van der Waals surface area (Å²) < 4.78 is 18.6. The van der Waals surface area contributed by atoms with Crippen LogP contribution in [0.2, 0.25) is 5.02 Å². The number of halogens is 2. The average Bonchev–Trinajstić information content (AvgIpc) is 3.25. The van der Waals surface area contributed by atoms with Gasteiger partial charge in [-0.2, -0.15) is 0 Å². The number of benzene rings is 2. The molecule has 0 spiro atoms. The minimum absolute atomic E-state index is 0.228. The van der Waals surface area contributed by atoms with E-state index in [0.29, 0.717) is 43.2 Å². The zero-order chi connectivity index (χ0) is 26.3. The lowest BCUT2D eigenvalue weighted by Gasteiger charge is -2.24. The van der Waals surface area contributed by atoms with Crippen LogP contribution in [0.5, 0.6) is 11.5 Å². The van der Waals surface area contributed by atoms with Crippen molar-refractivity contribution in [3.05, 3.63) is 57.0 Å². The molecule has 2 aromatic rings. The number of nitrogens with zero attached hydrogens (tertiary/aromatic N) is 1. The van der Waals surface area contributed by atoms with Gasteiger partial charge in [-0.15, -0.1) is 0 Å². The summed E-state index contributed by atoms with van der Waals surface area (Å²) in [6.45, 7) is 13.9. The molecular formula is C28H38BrClN2O4. The summed E-state index contributed by atoms with van der Waals surface area (Å²) in [4.78, 5) is 14.1. The molecule has 198 valence electrons. The Morgan fingerprint density at radius 1 is 1.17 bits per heavy atom. The van der Waals surface area contributed by atoms with Gasteiger partial charge in [0.05, 0.1) is 6.61 Å². The van der Waals surface area contributed by atoms with E-state index in [1.807, 2.05) is 51.1 Å². The van der Waals surface area contributed by atoms with Gasteiger partial charge in [0.1, 0.15) is 23.7 Å². The highest BCUT2D eigenvalue weighted by Crippen LogP contribution is 2.27. The molecule has 2 aromatic carbocycles. The summed E-state index contributed by atoms with van der Waals surface area (Å²) in [7, 11) is 0. The molecule has 1 atom stereocenters. The van der Waals surface area contributed by atoms with Gasteiger partial charge in [-0.3, -0.25) is 0 Å². The first-order valence-corrected chi connectivity index (χ1v) is 13.7. The van der Waals surface area contributed by atoms with Crippen molar-refractivity contribution in [2.45, 2.75) is 59.8 Å². The van der Waals surface area contributed by atoms with Gasteiger partial charge in [-0.25, -0.2) is 4.79 Å². The second kappa shape index (κ2) is 13.0. The molecule has 1 aliphatic rings. The van der Waals surface area contributed by atoms with E-state index in [-0.39, 0.29) is 6.09 Å². The van der Waals surface area contributed by atoms with Crippen molar-refractivity contribution in [1.82, 2.24) is 10.2 Å². The van der Waals surface area contributed by atoms with Gasteiger partial charge in [0.15, 0.2) is 0 Å². The van der Waals surface area contributed by atoms with E-state index in [2.05, 4.69) is 41.2 Å². The van der Waals surface area contributed by atoms with Gasteiger partial charge in [0, 0.05) is 47.3 Å². The van der Waals surface area contributed by atoms with Crippen LogP contribution in [-0.4, -0.2) is 42.8 Å². The van der Waals surface area contributed by atoms with Gasteiger partial charge in [0.25, 0.3) is 0 Å². The summed E-state index contributed by atoms with van der Waals surface area (Å²) >= 11 is 9.61. The zero-order valence-electron chi connectivity index (χ0n) is 21.9. The number of hydrogen-bond donors (Lipinski definition) is 1. The molecular weight excluding hydrogens is 544 g/mol. The number of rotatable bonds is 10. The van der Waals surface area contributed by atoms with Gasteiger partial charge in [-0.05, 0) is 68.9 Å². The first kappa shape index (κ1) is 28.6. The third kappa shape index (κ3) is 9.49. The lowest BCUT2D eigenvalue weighted by atomic mass is 10.1. The number of hydrogen-bond acceptors (Lipinski definition) is 5. The van der Waals surface area contributed by atoms with E-state index >= 15 is 0 Å². The first-order valence-electron chi connectivity index (χ1n) is 12.5. The number of carbonyl (C=O) groups is 1. The quantitative estimate of drug-likeness (QED) is 0.325. The van der Waals surface area contributed by atoms with Crippen LogP contribution in [0.25, 0.3) is 0 Å². The number of nitrogens with one attached hydrogen (secondary N) is 1. The molecule has 1 fully saturated rings. The lowest BCUT2D eigenvalue weighted by molar-refractivity contribution is 0.0288. The normalized spacial score (nSPS) is 15.9. The molecule has 6 nitrogen and oxygen atoms in total. The molecule has 1 N–H and O–H groups in total. The molecule has 1 aliphatic heterocycles. The second-order valence-corrected chi connectivity index (χ2v) is 12.0. The third-order valence-corrected chi connectivity index (χ3v) is 6.61. The van der Waals surface area contributed by atoms with Crippen LogP contribution in [0, 0.1) is 11.8 Å². The Morgan fingerprint density at radius 2 is 1.89 bits per heavy atom. The zero-order valence-corrected chi connectivity index (χ0v) is 24.2. The van der Waals surface area contributed by atoms with Crippen molar-refractivity contribution in [3.63, 3.8) is 0 Å². The summed E-state index contributed by atoms with van der Waals surface area (Å²) in [5.74, 6) is 2.38. The predicted molar refractivity (Wildman–Crippen MR) is 148 cm³/mol. The van der Waals surface area contributed by atoms with Crippen molar-refractivity contribution in [3.8, 4) is 11.5 Å². The molecule has 1 heterocycles. The number of amides is 1. The Bertz CT molecular complexity index is 1030. The van der Waals surface area contributed by atoms with Gasteiger partial charge in [0.2, 0.25) is 0 Å². The topological polar surface area (TPSA) is 60.0 Å². The molecule has 8 heteroatoms. The maximum atomic E-state index is 12.3. The van der Waals surface area contributed by atoms with E-state index in [4.69, 9.17) is 25.8 Å². The summed E-state index contributed by atoms with van der Waals surface area (Å²) in [6.07, 6.45) is 0.739. The minimum atomic E-state index is -0.473. The van der Waals surface area contributed by atoms with E-state index in [1.54, 1.807) is 4.90 Å². The van der Waals surface area contributed by atoms with Crippen molar-refractivity contribution in [2.75, 3.05) is 26.2 Å². The maximum Gasteiger partial charge on any atom is 0.410 e. The monoisotopic (exact) mass is 580 g/mol. The average molecular weight is 582 g/mol. The lowest BCUT2D eigenvalue weighted by Crippen LogP contribution is -2.36. The van der Waals surface area contributed by atoms with Gasteiger partial charge in [-0.1, -0.05) is 47.4 Å². The molecule has 0 bridgehead atoms. The number of likely N-dealkylation sites (tertiary alicyclic amines) is 1. The summed E-state index contributed by atoms with van der Waals surface area (Å²) in [5.41, 5.74) is 1.63. The fourth-order valence-electron chi connectivity index (χ4n) is 3.87. The maximum absolute atomic E-state index is 12.3. The third-order valence-electron chi connectivity index (χ3n) is 5.63. The summed E-state index contributed by atoms with van der Waals surface area (Å²) in [6, 6.07) is 11.7. The van der Waals surface area contributed by atoms with Crippen molar-refractivity contribution in [1.29, 1.82) is 0 Å². The van der Waals surface area contributed by atoms with Crippen LogP contribution in [-0.2, 0) is 17.9 Å². The van der Waals surface area contributed by atoms with Crippen LogP contribution in [0.4, 0.5) is 4.79 Å². The Labute approximate surface area is 228 Å².